The molecule has 1 unspecified atom stereocenters. The van der Waals surface area contributed by atoms with Gasteiger partial charge in [0.1, 0.15) is 10.7 Å². The minimum Gasteiger partial charge on any atom is -0.394 e. The molecule has 2 N–H and O–H groups in total. The van der Waals surface area contributed by atoms with Gasteiger partial charge in [-0.2, -0.15) is 4.98 Å². The highest BCUT2D eigenvalue weighted by atomic mass is 35.5. The Morgan fingerprint density at radius 2 is 2.03 bits per heavy atom. The van der Waals surface area contributed by atoms with Gasteiger partial charge in [0.2, 0.25) is 5.95 Å². The minimum absolute atomic E-state index is 0.0594. The number of rotatable bonds is 5. The molecule has 30 heavy (non-hydrogen) atoms. The number of nitrogens with one attached hydrogen (secondary N) is 1. The third-order valence-corrected chi connectivity index (χ3v) is 8.00. The van der Waals surface area contributed by atoms with Crippen molar-refractivity contribution in [3.05, 3.63) is 35.0 Å². The summed E-state index contributed by atoms with van der Waals surface area (Å²) in [5, 5.41) is 13.9. The predicted molar refractivity (Wildman–Crippen MR) is 120 cm³/mol. The van der Waals surface area contributed by atoms with Crippen molar-refractivity contribution in [3.8, 4) is 0 Å². The zero-order valence-corrected chi connectivity index (χ0v) is 18.5. The van der Waals surface area contributed by atoms with E-state index in [0.717, 1.165) is 53.8 Å². The summed E-state index contributed by atoms with van der Waals surface area (Å²) in [6.07, 6.45) is 2.51. The summed E-state index contributed by atoms with van der Waals surface area (Å²) in [5.74, 6) is 1.92. The molecular formula is C21H26ClN5O2S. The fraction of sp³-hybridized carbons (Fsp3) is 0.524. The highest BCUT2D eigenvalue weighted by molar-refractivity contribution is 7.85. The highest BCUT2D eigenvalue weighted by Gasteiger charge is 2.44. The van der Waals surface area contributed by atoms with Gasteiger partial charge in [0.15, 0.2) is 0 Å². The van der Waals surface area contributed by atoms with Gasteiger partial charge in [0.25, 0.3) is 0 Å². The van der Waals surface area contributed by atoms with E-state index in [0.29, 0.717) is 23.9 Å². The van der Waals surface area contributed by atoms with Crippen molar-refractivity contribution in [2.75, 3.05) is 47.1 Å². The van der Waals surface area contributed by atoms with Crippen molar-refractivity contribution in [1.29, 1.82) is 0 Å². The molecule has 0 bridgehead atoms. The smallest absolute Gasteiger partial charge is 0.227 e. The molecule has 7 nitrogen and oxygen atoms in total. The molecular weight excluding hydrogens is 422 g/mol. The maximum absolute atomic E-state index is 12.6. The first-order chi connectivity index (χ1) is 14.5. The van der Waals surface area contributed by atoms with Crippen LogP contribution >= 0.6 is 11.6 Å². The predicted octanol–water partition coefficient (Wildman–Crippen LogP) is 2.45. The number of aliphatic hydroxyl groups excluding tert-OH is 1. The minimum atomic E-state index is -1.08. The Balaban J connectivity index is 1.40. The number of aromatic nitrogens is 2. The molecule has 160 valence electrons. The second-order valence-corrected chi connectivity index (χ2v) is 10.4. The summed E-state index contributed by atoms with van der Waals surface area (Å²) < 4.78 is 12.6. The van der Waals surface area contributed by atoms with Gasteiger partial charge in [-0.1, -0.05) is 11.6 Å². The number of fused-ring (bicyclic) bond motifs is 1. The first-order valence-corrected chi connectivity index (χ1v) is 12.1. The molecule has 0 amide bonds. The maximum atomic E-state index is 12.6. The van der Waals surface area contributed by atoms with Crippen molar-refractivity contribution < 1.29 is 9.32 Å². The molecule has 2 aliphatic heterocycles. The Kier molecular flexibility index (Phi) is 5.11. The molecule has 9 heteroatoms. The molecule has 3 aliphatic rings. The largest absolute Gasteiger partial charge is 0.394 e. The van der Waals surface area contributed by atoms with Crippen LogP contribution in [0, 0.1) is 0 Å². The van der Waals surface area contributed by atoms with Crippen LogP contribution in [-0.4, -0.2) is 62.9 Å². The van der Waals surface area contributed by atoms with Crippen LogP contribution in [0.15, 0.2) is 29.2 Å². The lowest BCUT2D eigenvalue weighted by Gasteiger charge is -2.41. The zero-order chi connectivity index (χ0) is 20.9. The number of hydrogen-bond acceptors (Lipinski definition) is 7. The van der Waals surface area contributed by atoms with E-state index in [2.05, 4.69) is 34.2 Å². The lowest BCUT2D eigenvalue weighted by atomic mass is 10.1. The molecule has 2 aromatic rings. The third kappa shape index (κ3) is 3.65. The molecule has 2 atom stereocenters. The van der Waals surface area contributed by atoms with Crippen LogP contribution in [0.2, 0.25) is 5.02 Å². The maximum Gasteiger partial charge on any atom is 0.227 e. The van der Waals surface area contributed by atoms with Crippen molar-refractivity contribution in [2.24, 2.45) is 0 Å². The van der Waals surface area contributed by atoms with Crippen LogP contribution in [0.25, 0.3) is 0 Å². The van der Waals surface area contributed by atoms with E-state index in [-0.39, 0.29) is 18.2 Å². The second kappa shape index (κ2) is 7.66. The topological polar surface area (TPSA) is 81.6 Å². The third-order valence-electron chi connectivity index (χ3n) is 6.29. The molecule has 1 aromatic carbocycles. The normalized spacial score (nSPS) is 24.6. The Labute approximate surface area is 183 Å². The molecule has 3 heterocycles. The number of aliphatic hydroxyl groups is 1. The Hall–Kier alpha value is -1.90. The monoisotopic (exact) mass is 447 g/mol. The number of nitrogens with zero attached hydrogens (tertiary/aromatic N) is 4. The van der Waals surface area contributed by atoms with E-state index in [4.69, 9.17) is 21.6 Å². The molecule has 2 fully saturated rings. The van der Waals surface area contributed by atoms with E-state index in [9.17, 15) is 9.32 Å². The SMILES string of the molecule is C[C@H]1CN(c2ccc(Cl)cc2)CCN1c1nc2c(c(NC3(CO)CC3)n1)S(=O)CC2. The molecule has 1 aliphatic carbocycles. The van der Waals surface area contributed by atoms with Gasteiger partial charge in [0, 0.05) is 48.6 Å². The number of benzene rings is 1. The average molecular weight is 448 g/mol. The molecule has 0 spiro atoms. The average Bonchev–Trinajstić information content (AvgIpc) is 3.42. The molecule has 1 aromatic heterocycles. The lowest BCUT2D eigenvalue weighted by Crippen LogP contribution is -2.52. The van der Waals surface area contributed by atoms with Crippen molar-refractivity contribution in [3.63, 3.8) is 0 Å². The number of aryl methyl sites for hydroxylation is 1. The summed E-state index contributed by atoms with van der Waals surface area (Å²) in [6.45, 7) is 4.76. The Morgan fingerprint density at radius 1 is 1.27 bits per heavy atom. The zero-order valence-electron chi connectivity index (χ0n) is 17.0. The summed E-state index contributed by atoms with van der Waals surface area (Å²) in [4.78, 5) is 14.9. The van der Waals surface area contributed by atoms with E-state index in [1.807, 2.05) is 12.1 Å². The quantitative estimate of drug-likeness (QED) is 0.728. The van der Waals surface area contributed by atoms with E-state index >= 15 is 0 Å². The summed E-state index contributed by atoms with van der Waals surface area (Å²) >= 11 is 6.03. The first kappa shape index (κ1) is 20.0. The van der Waals surface area contributed by atoms with Crippen LogP contribution in [-0.2, 0) is 17.2 Å². The van der Waals surface area contributed by atoms with Crippen LogP contribution in [0.3, 0.4) is 0 Å². The molecule has 1 saturated carbocycles. The Morgan fingerprint density at radius 3 is 2.70 bits per heavy atom. The van der Waals surface area contributed by atoms with Crippen LogP contribution in [0.4, 0.5) is 17.5 Å². The van der Waals surface area contributed by atoms with Gasteiger partial charge in [-0.15, -0.1) is 0 Å². The molecule has 5 rings (SSSR count). The Bertz CT molecular complexity index is 982. The van der Waals surface area contributed by atoms with Gasteiger partial charge in [-0.05, 0) is 44.0 Å². The summed E-state index contributed by atoms with van der Waals surface area (Å²) in [7, 11) is -1.08. The van der Waals surface area contributed by atoms with Gasteiger partial charge in [-0.25, -0.2) is 4.98 Å². The van der Waals surface area contributed by atoms with Crippen LogP contribution in [0.5, 0.6) is 0 Å². The van der Waals surface area contributed by atoms with E-state index in [1.165, 1.54) is 0 Å². The van der Waals surface area contributed by atoms with E-state index in [1.54, 1.807) is 0 Å². The number of piperazine rings is 1. The van der Waals surface area contributed by atoms with Crippen LogP contribution < -0.4 is 15.1 Å². The second-order valence-electron chi connectivity index (χ2n) is 8.48. The summed E-state index contributed by atoms with van der Waals surface area (Å²) in [5.41, 5.74) is 1.73. The summed E-state index contributed by atoms with van der Waals surface area (Å²) in [6, 6.07) is 8.17. The highest BCUT2D eigenvalue weighted by Crippen LogP contribution is 2.41. The fourth-order valence-electron chi connectivity index (χ4n) is 4.26. The van der Waals surface area contributed by atoms with Crippen molar-refractivity contribution in [1.82, 2.24) is 9.97 Å². The van der Waals surface area contributed by atoms with E-state index < -0.39 is 10.8 Å². The van der Waals surface area contributed by atoms with Gasteiger partial charge in [0.05, 0.1) is 28.6 Å². The number of halogens is 1. The fourth-order valence-corrected chi connectivity index (χ4v) is 5.69. The van der Waals surface area contributed by atoms with Gasteiger partial charge >= 0.3 is 0 Å². The number of anilines is 3. The van der Waals surface area contributed by atoms with Gasteiger partial charge < -0.3 is 20.2 Å². The van der Waals surface area contributed by atoms with Crippen LogP contribution in [0.1, 0.15) is 25.5 Å². The van der Waals surface area contributed by atoms with Crippen molar-refractivity contribution in [2.45, 2.75) is 42.7 Å². The van der Waals surface area contributed by atoms with Crippen molar-refractivity contribution >= 4 is 39.9 Å². The molecule has 0 radical (unpaired) electrons. The molecule has 1 saturated heterocycles. The number of hydrogen-bond donors (Lipinski definition) is 2. The van der Waals surface area contributed by atoms with Gasteiger partial charge in [-0.3, -0.25) is 4.21 Å². The lowest BCUT2D eigenvalue weighted by molar-refractivity contribution is 0.265. The standard InChI is InChI=1S/C21H26ClN5O2S/c1-14-12-26(16-4-2-15(22)3-5-16)9-10-27(14)20-23-17-6-11-30(29)18(17)19(24-20)25-21(13-28)7-8-21/h2-5,14,28H,6-13H2,1H3,(H,23,24,25)/t14-,30?/m0/s1. The first-order valence-electron chi connectivity index (χ1n) is 10.4.